The molecule has 2 aromatic heterocycles. The van der Waals surface area contributed by atoms with Gasteiger partial charge in [-0.3, -0.25) is 4.79 Å². The fraction of sp³-hybridized carbons (Fsp3) is 0.500. The van der Waals surface area contributed by atoms with Crippen LogP contribution in [0.15, 0.2) is 22.8 Å². The van der Waals surface area contributed by atoms with E-state index in [1.165, 1.54) is 24.2 Å². The van der Waals surface area contributed by atoms with Crippen LogP contribution in [-0.2, 0) is 24.2 Å². The van der Waals surface area contributed by atoms with Crippen molar-refractivity contribution >= 4 is 5.91 Å². The number of nitrogens with one attached hydrogen (secondary N) is 1. The molecule has 3 rings (SSSR count). The van der Waals surface area contributed by atoms with Crippen LogP contribution in [0.3, 0.4) is 0 Å². The molecule has 5 heteroatoms. The van der Waals surface area contributed by atoms with Crippen molar-refractivity contribution in [2.75, 3.05) is 0 Å². The van der Waals surface area contributed by atoms with Gasteiger partial charge < -0.3 is 14.3 Å². The fourth-order valence-corrected chi connectivity index (χ4v) is 3.06. The Morgan fingerprint density at radius 1 is 1.48 bits per heavy atom. The predicted molar refractivity (Wildman–Crippen MR) is 78.9 cm³/mol. The van der Waals surface area contributed by atoms with Crippen LogP contribution in [0.4, 0.5) is 0 Å². The number of nitrogens with zero attached hydrogens (tertiary/aromatic N) is 2. The Labute approximate surface area is 124 Å². The predicted octanol–water partition coefficient (Wildman–Crippen LogP) is 2.54. The molecule has 112 valence electrons. The highest BCUT2D eigenvalue weighted by atomic mass is 16.3. The van der Waals surface area contributed by atoms with Crippen molar-refractivity contribution in [3.63, 3.8) is 0 Å². The smallest absolute Gasteiger partial charge is 0.243 e. The number of carbonyl (C=O) groups excluding carboxylic acids is 1. The molecule has 0 fully saturated rings. The van der Waals surface area contributed by atoms with Crippen LogP contribution < -0.4 is 5.32 Å². The third kappa shape index (κ3) is 2.73. The first-order chi connectivity index (χ1) is 10.2. The summed E-state index contributed by atoms with van der Waals surface area (Å²) in [6, 6.07) is 3.44. The van der Waals surface area contributed by atoms with E-state index < -0.39 is 0 Å². The molecule has 0 aliphatic heterocycles. The molecule has 1 N–H and O–H groups in total. The van der Waals surface area contributed by atoms with Gasteiger partial charge in [-0.15, -0.1) is 0 Å². The standard InChI is InChI=1S/C16H21N3O2/c1-11(16(20)17-10-13-6-5-9-21-13)19-12(2)18-14-7-3-4-8-15(14)19/h5-6,9,11H,3-4,7-8,10H2,1-2H3,(H,17,20). The van der Waals surface area contributed by atoms with E-state index >= 15 is 0 Å². The highest BCUT2D eigenvalue weighted by Crippen LogP contribution is 2.25. The highest BCUT2D eigenvalue weighted by molar-refractivity contribution is 5.80. The van der Waals surface area contributed by atoms with Crippen molar-refractivity contribution in [3.8, 4) is 0 Å². The zero-order valence-electron chi connectivity index (χ0n) is 12.6. The maximum atomic E-state index is 12.4. The number of imidazole rings is 1. The minimum Gasteiger partial charge on any atom is -0.467 e. The number of hydrogen-bond acceptors (Lipinski definition) is 3. The first kappa shape index (κ1) is 13.9. The number of hydrogen-bond donors (Lipinski definition) is 1. The first-order valence-corrected chi connectivity index (χ1v) is 7.53. The Kier molecular flexibility index (Phi) is 3.82. The lowest BCUT2D eigenvalue weighted by atomic mass is 10.0. The molecule has 0 bridgehead atoms. The second-order valence-corrected chi connectivity index (χ2v) is 5.60. The number of furan rings is 1. The summed E-state index contributed by atoms with van der Waals surface area (Å²) in [7, 11) is 0. The molecule has 5 nitrogen and oxygen atoms in total. The van der Waals surface area contributed by atoms with Crippen molar-refractivity contribution in [2.45, 2.75) is 52.1 Å². The molecule has 2 aromatic rings. The third-order valence-corrected chi connectivity index (χ3v) is 4.13. The zero-order chi connectivity index (χ0) is 14.8. The molecule has 1 aliphatic rings. The van der Waals surface area contributed by atoms with E-state index in [4.69, 9.17) is 4.42 Å². The summed E-state index contributed by atoms with van der Waals surface area (Å²) in [5.41, 5.74) is 2.41. The number of aromatic nitrogens is 2. The molecule has 0 saturated heterocycles. The van der Waals surface area contributed by atoms with Gasteiger partial charge >= 0.3 is 0 Å². The zero-order valence-corrected chi connectivity index (χ0v) is 12.6. The van der Waals surface area contributed by atoms with Gasteiger partial charge in [-0.25, -0.2) is 4.98 Å². The summed E-state index contributed by atoms with van der Waals surface area (Å²) in [5.74, 6) is 1.70. The molecule has 21 heavy (non-hydrogen) atoms. The topological polar surface area (TPSA) is 60.1 Å². The molecule has 2 heterocycles. The van der Waals surface area contributed by atoms with Gasteiger partial charge in [0.15, 0.2) is 0 Å². The maximum Gasteiger partial charge on any atom is 0.243 e. The van der Waals surface area contributed by atoms with E-state index in [9.17, 15) is 4.79 Å². The number of amides is 1. The number of aryl methyl sites for hydroxylation is 2. The minimum absolute atomic E-state index is 0.000253. The quantitative estimate of drug-likeness (QED) is 0.940. The second-order valence-electron chi connectivity index (χ2n) is 5.60. The molecule has 1 amide bonds. The van der Waals surface area contributed by atoms with E-state index in [0.29, 0.717) is 6.54 Å². The molecule has 0 spiro atoms. The van der Waals surface area contributed by atoms with Crippen LogP contribution >= 0.6 is 0 Å². The molecule has 1 aliphatic carbocycles. The van der Waals surface area contributed by atoms with Crippen molar-refractivity contribution in [1.29, 1.82) is 0 Å². The summed E-state index contributed by atoms with van der Waals surface area (Å²) in [6.45, 7) is 4.34. The van der Waals surface area contributed by atoms with Gasteiger partial charge in [-0.2, -0.15) is 0 Å². The lowest BCUT2D eigenvalue weighted by Crippen LogP contribution is -2.32. The van der Waals surface area contributed by atoms with Gasteiger partial charge in [0.05, 0.1) is 18.5 Å². The van der Waals surface area contributed by atoms with Crippen molar-refractivity contribution < 1.29 is 9.21 Å². The van der Waals surface area contributed by atoms with Gasteiger partial charge in [0.1, 0.15) is 17.6 Å². The van der Waals surface area contributed by atoms with Crippen LogP contribution in [0.5, 0.6) is 0 Å². The average Bonchev–Trinajstić information content (AvgIpc) is 3.10. The van der Waals surface area contributed by atoms with E-state index in [0.717, 1.165) is 24.4 Å². The Balaban J connectivity index is 1.73. The van der Waals surface area contributed by atoms with Gasteiger partial charge in [0.25, 0.3) is 0 Å². The second kappa shape index (κ2) is 5.76. The lowest BCUT2D eigenvalue weighted by Gasteiger charge is -2.20. The summed E-state index contributed by atoms with van der Waals surface area (Å²) < 4.78 is 7.32. The molecule has 1 atom stereocenters. The summed E-state index contributed by atoms with van der Waals surface area (Å²) in [6.07, 6.45) is 6.04. The minimum atomic E-state index is -0.241. The molecule has 1 unspecified atom stereocenters. The molecule has 0 aromatic carbocycles. The third-order valence-electron chi connectivity index (χ3n) is 4.13. The Morgan fingerprint density at radius 2 is 2.29 bits per heavy atom. The number of rotatable bonds is 4. The van der Waals surface area contributed by atoms with Gasteiger partial charge in [0.2, 0.25) is 5.91 Å². The van der Waals surface area contributed by atoms with Crippen LogP contribution in [0.2, 0.25) is 0 Å². The Hall–Kier alpha value is -2.04. The number of carbonyl (C=O) groups is 1. The van der Waals surface area contributed by atoms with Crippen LogP contribution in [0.1, 0.15) is 48.8 Å². The number of fused-ring (bicyclic) bond motifs is 1. The average molecular weight is 287 g/mol. The lowest BCUT2D eigenvalue weighted by molar-refractivity contribution is -0.124. The fourth-order valence-electron chi connectivity index (χ4n) is 3.06. The van der Waals surface area contributed by atoms with E-state index in [-0.39, 0.29) is 11.9 Å². The SMILES string of the molecule is Cc1nc2c(n1C(C)C(=O)NCc1ccco1)CCCC2. The maximum absolute atomic E-state index is 12.4. The van der Waals surface area contributed by atoms with Crippen LogP contribution in [0.25, 0.3) is 0 Å². The molecule has 0 saturated carbocycles. The highest BCUT2D eigenvalue weighted by Gasteiger charge is 2.24. The largest absolute Gasteiger partial charge is 0.467 e. The van der Waals surface area contributed by atoms with Gasteiger partial charge in [0, 0.05) is 5.69 Å². The van der Waals surface area contributed by atoms with Crippen molar-refractivity contribution in [1.82, 2.24) is 14.9 Å². The normalized spacial score (nSPS) is 15.5. The summed E-state index contributed by atoms with van der Waals surface area (Å²) in [5, 5.41) is 2.93. The monoisotopic (exact) mass is 287 g/mol. The van der Waals surface area contributed by atoms with Crippen LogP contribution in [-0.4, -0.2) is 15.5 Å². The summed E-state index contributed by atoms with van der Waals surface area (Å²) in [4.78, 5) is 17.0. The Morgan fingerprint density at radius 3 is 3.05 bits per heavy atom. The van der Waals surface area contributed by atoms with Gasteiger partial charge in [-0.05, 0) is 51.7 Å². The summed E-state index contributed by atoms with van der Waals surface area (Å²) >= 11 is 0. The van der Waals surface area contributed by atoms with Gasteiger partial charge in [-0.1, -0.05) is 0 Å². The molecule has 0 radical (unpaired) electrons. The van der Waals surface area contributed by atoms with Crippen molar-refractivity contribution in [2.24, 2.45) is 0 Å². The molecular weight excluding hydrogens is 266 g/mol. The molecular formula is C16H21N3O2. The van der Waals surface area contributed by atoms with E-state index in [2.05, 4.69) is 14.9 Å². The Bertz CT molecular complexity index is 628. The first-order valence-electron chi connectivity index (χ1n) is 7.53. The van der Waals surface area contributed by atoms with Crippen LogP contribution in [0, 0.1) is 6.92 Å². The van der Waals surface area contributed by atoms with E-state index in [1.54, 1.807) is 6.26 Å². The van der Waals surface area contributed by atoms with E-state index in [1.807, 2.05) is 26.0 Å². The van der Waals surface area contributed by atoms with Crippen molar-refractivity contribution in [3.05, 3.63) is 41.4 Å².